The van der Waals surface area contributed by atoms with Gasteiger partial charge >= 0.3 is 0 Å². The Bertz CT molecular complexity index is 104. The van der Waals surface area contributed by atoms with Gasteiger partial charge in [0.1, 0.15) is 0 Å². The van der Waals surface area contributed by atoms with Gasteiger partial charge in [0.05, 0.1) is 6.10 Å². The molecule has 0 rings (SSSR count). The summed E-state index contributed by atoms with van der Waals surface area (Å²) in [6, 6.07) is 0.564. The molecule has 0 aliphatic carbocycles. The Morgan fingerprint density at radius 3 is 2.25 bits per heavy atom. The SMILES string of the molecule is CC[C@H](C)[C@@H](C)NCC[C@@H](C)O. The Balaban J connectivity index is 3.37. The number of hydrogen-bond donors (Lipinski definition) is 2. The van der Waals surface area contributed by atoms with Gasteiger partial charge in [0.25, 0.3) is 0 Å². The van der Waals surface area contributed by atoms with Crippen LogP contribution >= 0.6 is 0 Å². The van der Waals surface area contributed by atoms with Crippen molar-refractivity contribution in [3.8, 4) is 0 Å². The van der Waals surface area contributed by atoms with Crippen LogP contribution < -0.4 is 5.32 Å². The summed E-state index contributed by atoms with van der Waals surface area (Å²) in [6.07, 6.45) is 1.88. The quantitative estimate of drug-likeness (QED) is 0.641. The predicted molar refractivity (Wildman–Crippen MR) is 53.2 cm³/mol. The molecule has 0 aromatic heterocycles. The van der Waals surface area contributed by atoms with Crippen LogP contribution in [-0.4, -0.2) is 23.8 Å². The van der Waals surface area contributed by atoms with E-state index in [0.717, 1.165) is 18.9 Å². The van der Waals surface area contributed by atoms with Crippen LogP contribution in [0.3, 0.4) is 0 Å². The molecule has 0 aromatic rings. The lowest BCUT2D eigenvalue weighted by molar-refractivity contribution is 0.181. The third kappa shape index (κ3) is 5.56. The summed E-state index contributed by atoms with van der Waals surface area (Å²) in [5.41, 5.74) is 0. The highest BCUT2D eigenvalue weighted by atomic mass is 16.3. The molecule has 0 amide bonds. The normalized spacial score (nSPS) is 18.8. The molecule has 12 heavy (non-hydrogen) atoms. The predicted octanol–water partition coefficient (Wildman–Crippen LogP) is 1.78. The van der Waals surface area contributed by atoms with Gasteiger partial charge in [-0.3, -0.25) is 0 Å². The maximum atomic E-state index is 9.02. The molecule has 0 aliphatic heterocycles. The van der Waals surface area contributed by atoms with E-state index in [1.807, 2.05) is 6.92 Å². The van der Waals surface area contributed by atoms with Crippen molar-refractivity contribution in [1.29, 1.82) is 0 Å². The fourth-order valence-corrected chi connectivity index (χ4v) is 1.07. The van der Waals surface area contributed by atoms with E-state index in [9.17, 15) is 0 Å². The van der Waals surface area contributed by atoms with Crippen molar-refractivity contribution in [3.63, 3.8) is 0 Å². The molecule has 74 valence electrons. The highest BCUT2D eigenvalue weighted by molar-refractivity contribution is 4.67. The van der Waals surface area contributed by atoms with Gasteiger partial charge in [-0.25, -0.2) is 0 Å². The minimum Gasteiger partial charge on any atom is -0.393 e. The Morgan fingerprint density at radius 2 is 1.83 bits per heavy atom. The Kier molecular flexibility index (Phi) is 6.39. The van der Waals surface area contributed by atoms with Crippen molar-refractivity contribution >= 4 is 0 Å². The van der Waals surface area contributed by atoms with Crippen LogP contribution in [0.4, 0.5) is 0 Å². The fraction of sp³-hybridized carbons (Fsp3) is 1.00. The van der Waals surface area contributed by atoms with Crippen LogP contribution in [0.1, 0.15) is 40.5 Å². The van der Waals surface area contributed by atoms with Crippen molar-refractivity contribution in [3.05, 3.63) is 0 Å². The number of aliphatic hydroxyl groups is 1. The third-order valence-electron chi connectivity index (χ3n) is 2.53. The molecule has 2 N–H and O–H groups in total. The van der Waals surface area contributed by atoms with Crippen LogP contribution in [0, 0.1) is 5.92 Å². The summed E-state index contributed by atoms with van der Waals surface area (Å²) in [5, 5.41) is 12.4. The van der Waals surface area contributed by atoms with Crippen LogP contribution in [0.25, 0.3) is 0 Å². The molecule has 3 atom stereocenters. The number of aliphatic hydroxyl groups excluding tert-OH is 1. The molecule has 0 fully saturated rings. The van der Waals surface area contributed by atoms with E-state index in [1.165, 1.54) is 6.42 Å². The minimum absolute atomic E-state index is 0.179. The average molecular weight is 173 g/mol. The van der Waals surface area contributed by atoms with Crippen molar-refractivity contribution in [2.75, 3.05) is 6.54 Å². The van der Waals surface area contributed by atoms with Crippen LogP contribution in [0.2, 0.25) is 0 Å². The zero-order chi connectivity index (χ0) is 9.56. The lowest BCUT2D eigenvalue weighted by Crippen LogP contribution is -2.33. The van der Waals surface area contributed by atoms with Crippen LogP contribution in [0.5, 0.6) is 0 Å². The Labute approximate surface area is 76.4 Å². The highest BCUT2D eigenvalue weighted by Crippen LogP contribution is 2.06. The minimum atomic E-state index is -0.179. The molecule has 0 spiro atoms. The molecule has 0 unspecified atom stereocenters. The zero-order valence-corrected chi connectivity index (χ0v) is 8.80. The van der Waals surface area contributed by atoms with Crippen molar-refractivity contribution in [1.82, 2.24) is 5.32 Å². The number of nitrogens with one attached hydrogen (secondary N) is 1. The molecule has 0 bridgehead atoms. The van der Waals surface area contributed by atoms with Crippen molar-refractivity contribution < 1.29 is 5.11 Å². The maximum absolute atomic E-state index is 9.02. The fourth-order valence-electron chi connectivity index (χ4n) is 1.07. The van der Waals surface area contributed by atoms with Gasteiger partial charge < -0.3 is 10.4 Å². The van der Waals surface area contributed by atoms with Crippen molar-refractivity contribution in [2.45, 2.75) is 52.7 Å². The number of rotatable bonds is 6. The zero-order valence-electron chi connectivity index (χ0n) is 8.80. The molecule has 0 saturated carbocycles. The lowest BCUT2D eigenvalue weighted by atomic mass is 10.0. The first-order valence-corrected chi connectivity index (χ1v) is 4.99. The van der Waals surface area contributed by atoms with Crippen LogP contribution in [-0.2, 0) is 0 Å². The topological polar surface area (TPSA) is 32.3 Å². The van der Waals surface area contributed by atoms with E-state index in [2.05, 4.69) is 26.1 Å². The molecule has 0 saturated heterocycles. The van der Waals surface area contributed by atoms with Gasteiger partial charge in [0.15, 0.2) is 0 Å². The molecular formula is C10H23NO. The average Bonchev–Trinajstić information content (AvgIpc) is 2.02. The van der Waals surface area contributed by atoms with Crippen LogP contribution in [0.15, 0.2) is 0 Å². The first-order chi connectivity index (χ1) is 5.57. The molecule has 2 heteroatoms. The first-order valence-electron chi connectivity index (χ1n) is 4.99. The van der Waals surface area contributed by atoms with E-state index in [4.69, 9.17) is 5.11 Å². The smallest absolute Gasteiger partial charge is 0.0524 e. The van der Waals surface area contributed by atoms with Gasteiger partial charge in [-0.15, -0.1) is 0 Å². The second kappa shape index (κ2) is 6.44. The summed E-state index contributed by atoms with van der Waals surface area (Å²) >= 11 is 0. The second-order valence-corrected chi connectivity index (χ2v) is 3.77. The molecule has 2 nitrogen and oxygen atoms in total. The molecule has 0 aliphatic rings. The van der Waals surface area contributed by atoms with Gasteiger partial charge in [-0.05, 0) is 32.7 Å². The summed E-state index contributed by atoms with van der Waals surface area (Å²) in [4.78, 5) is 0. The standard InChI is InChI=1S/C10H23NO/c1-5-8(2)10(4)11-7-6-9(3)12/h8-12H,5-7H2,1-4H3/t8-,9+,10+/m0/s1. The van der Waals surface area contributed by atoms with E-state index in [1.54, 1.807) is 0 Å². The van der Waals surface area contributed by atoms with E-state index >= 15 is 0 Å². The van der Waals surface area contributed by atoms with Gasteiger partial charge in [-0.2, -0.15) is 0 Å². The molecule has 0 aromatic carbocycles. The first kappa shape index (κ1) is 11.9. The van der Waals surface area contributed by atoms with Crippen molar-refractivity contribution in [2.24, 2.45) is 5.92 Å². The Morgan fingerprint density at radius 1 is 1.25 bits per heavy atom. The molecule has 0 heterocycles. The Hall–Kier alpha value is -0.0800. The van der Waals surface area contributed by atoms with Gasteiger partial charge in [0.2, 0.25) is 0 Å². The largest absolute Gasteiger partial charge is 0.393 e. The maximum Gasteiger partial charge on any atom is 0.0524 e. The summed E-state index contributed by atoms with van der Waals surface area (Å²) in [5.74, 6) is 0.721. The second-order valence-electron chi connectivity index (χ2n) is 3.77. The van der Waals surface area contributed by atoms with E-state index in [-0.39, 0.29) is 6.10 Å². The van der Waals surface area contributed by atoms with Gasteiger partial charge in [-0.1, -0.05) is 20.3 Å². The lowest BCUT2D eigenvalue weighted by Gasteiger charge is -2.20. The highest BCUT2D eigenvalue weighted by Gasteiger charge is 2.08. The summed E-state index contributed by atoms with van der Waals surface area (Å²) in [6.45, 7) is 9.41. The monoisotopic (exact) mass is 173 g/mol. The van der Waals surface area contributed by atoms with E-state index < -0.39 is 0 Å². The summed E-state index contributed by atoms with van der Waals surface area (Å²) < 4.78 is 0. The number of hydrogen-bond acceptors (Lipinski definition) is 2. The third-order valence-corrected chi connectivity index (χ3v) is 2.53. The summed E-state index contributed by atoms with van der Waals surface area (Å²) in [7, 11) is 0. The molecule has 0 radical (unpaired) electrons. The molecular weight excluding hydrogens is 150 g/mol. The van der Waals surface area contributed by atoms with E-state index in [0.29, 0.717) is 6.04 Å². The van der Waals surface area contributed by atoms with Gasteiger partial charge in [0, 0.05) is 6.04 Å².